The first-order valence-electron chi connectivity index (χ1n) is 7.24. The molecule has 1 aromatic heterocycles. The zero-order chi connectivity index (χ0) is 15.1. The lowest BCUT2D eigenvalue weighted by Gasteiger charge is -2.16. The highest BCUT2D eigenvalue weighted by molar-refractivity contribution is 5.27. The predicted molar refractivity (Wildman–Crippen MR) is 83.0 cm³/mol. The predicted octanol–water partition coefficient (Wildman–Crippen LogP) is 2.82. The molecule has 1 unspecified atom stereocenters. The van der Waals surface area contributed by atoms with Gasteiger partial charge in [-0.1, -0.05) is 30.3 Å². The summed E-state index contributed by atoms with van der Waals surface area (Å²) in [4.78, 5) is 4.25. The summed E-state index contributed by atoms with van der Waals surface area (Å²) in [6.45, 7) is 5.42. The Bertz CT molecular complexity index is 572. The van der Waals surface area contributed by atoms with E-state index < -0.39 is 0 Å². The average molecular weight is 286 g/mol. The van der Waals surface area contributed by atoms with E-state index in [4.69, 9.17) is 4.74 Å². The van der Waals surface area contributed by atoms with Crippen molar-refractivity contribution in [2.45, 2.75) is 33.0 Å². The number of aromatic nitrogens is 1. The van der Waals surface area contributed by atoms with E-state index in [1.54, 1.807) is 6.20 Å². The summed E-state index contributed by atoms with van der Waals surface area (Å²) >= 11 is 0. The van der Waals surface area contributed by atoms with E-state index in [0.717, 1.165) is 16.7 Å². The van der Waals surface area contributed by atoms with Gasteiger partial charge in [0.15, 0.2) is 0 Å². The minimum Gasteiger partial charge on any atom is -0.478 e. The minimum absolute atomic E-state index is 0.0671. The van der Waals surface area contributed by atoms with Crippen LogP contribution >= 0.6 is 0 Å². The van der Waals surface area contributed by atoms with E-state index in [1.807, 2.05) is 37.3 Å². The summed E-state index contributed by atoms with van der Waals surface area (Å²) in [5, 5.41) is 12.7. The molecule has 0 aliphatic rings. The van der Waals surface area contributed by atoms with Crippen molar-refractivity contribution < 1.29 is 9.84 Å². The van der Waals surface area contributed by atoms with Gasteiger partial charge in [0, 0.05) is 24.3 Å². The number of pyridine rings is 1. The molecule has 2 N–H and O–H groups in total. The minimum atomic E-state index is 0.0671. The lowest BCUT2D eigenvalue weighted by molar-refractivity contribution is 0.281. The molecule has 0 fully saturated rings. The van der Waals surface area contributed by atoms with Gasteiger partial charge in [0.25, 0.3) is 0 Å². The van der Waals surface area contributed by atoms with Gasteiger partial charge in [0.2, 0.25) is 5.88 Å². The number of aliphatic hydroxyl groups excluding tert-OH is 1. The maximum absolute atomic E-state index is 9.20. The number of hydrogen-bond donors (Lipinski definition) is 2. The molecule has 0 saturated carbocycles. The van der Waals surface area contributed by atoms with Gasteiger partial charge in [-0.15, -0.1) is 0 Å². The van der Waals surface area contributed by atoms with Crippen LogP contribution in [0, 0.1) is 0 Å². The molecule has 0 aliphatic carbocycles. The van der Waals surface area contributed by atoms with Crippen molar-refractivity contribution in [3.8, 4) is 5.88 Å². The third-order valence-electron chi connectivity index (χ3n) is 3.36. The maximum atomic E-state index is 9.20. The summed E-state index contributed by atoms with van der Waals surface area (Å²) in [5.74, 6) is 0.684. The van der Waals surface area contributed by atoms with Gasteiger partial charge in [-0.25, -0.2) is 4.98 Å². The van der Waals surface area contributed by atoms with Crippen molar-refractivity contribution >= 4 is 0 Å². The largest absolute Gasteiger partial charge is 0.478 e. The van der Waals surface area contributed by atoms with Crippen molar-refractivity contribution in [1.82, 2.24) is 10.3 Å². The highest BCUT2D eigenvalue weighted by Crippen LogP contribution is 2.18. The molecule has 0 radical (unpaired) electrons. The third kappa shape index (κ3) is 4.28. The molecule has 2 rings (SSSR count). The van der Waals surface area contributed by atoms with Gasteiger partial charge in [-0.05, 0) is 31.0 Å². The second kappa shape index (κ2) is 7.76. The number of nitrogens with zero attached hydrogens (tertiary/aromatic N) is 1. The summed E-state index contributed by atoms with van der Waals surface area (Å²) < 4.78 is 5.53. The van der Waals surface area contributed by atoms with E-state index in [9.17, 15) is 5.11 Å². The maximum Gasteiger partial charge on any atom is 0.217 e. The number of ether oxygens (including phenoxy) is 1. The Balaban J connectivity index is 2.02. The van der Waals surface area contributed by atoms with Crippen LogP contribution in [-0.2, 0) is 13.2 Å². The molecule has 1 atom stereocenters. The van der Waals surface area contributed by atoms with Crippen LogP contribution in [0.2, 0.25) is 0 Å². The second-order valence-electron chi connectivity index (χ2n) is 4.91. The summed E-state index contributed by atoms with van der Waals surface area (Å²) in [7, 11) is 0. The fourth-order valence-corrected chi connectivity index (χ4v) is 2.17. The summed E-state index contributed by atoms with van der Waals surface area (Å²) in [6, 6.07) is 12.1. The molecule has 4 heteroatoms. The topological polar surface area (TPSA) is 54.4 Å². The molecule has 1 heterocycles. The molecule has 0 spiro atoms. The first kappa shape index (κ1) is 15.5. The molecular weight excluding hydrogens is 264 g/mol. The van der Waals surface area contributed by atoms with Gasteiger partial charge in [-0.3, -0.25) is 0 Å². The van der Waals surface area contributed by atoms with E-state index >= 15 is 0 Å². The third-order valence-corrected chi connectivity index (χ3v) is 3.36. The van der Waals surface area contributed by atoms with Crippen molar-refractivity contribution in [3.05, 3.63) is 59.3 Å². The highest BCUT2D eigenvalue weighted by atomic mass is 16.5. The Morgan fingerprint density at radius 3 is 2.90 bits per heavy atom. The number of rotatable bonds is 7. The molecule has 1 aromatic carbocycles. The van der Waals surface area contributed by atoms with Crippen LogP contribution in [0.4, 0.5) is 0 Å². The number of hydrogen-bond acceptors (Lipinski definition) is 4. The standard InChI is InChI=1S/C17H22N2O2/c1-3-21-17-16(8-5-9-18-17)11-19-13(2)15-7-4-6-14(10-15)12-20/h4-10,13,19-20H,3,11-12H2,1-2H3. The Kier molecular flexibility index (Phi) is 5.72. The first-order valence-corrected chi connectivity index (χ1v) is 7.24. The fourth-order valence-electron chi connectivity index (χ4n) is 2.17. The Morgan fingerprint density at radius 1 is 1.29 bits per heavy atom. The second-order valence-corrected chi connectivity index (χ2v) is 4.91. The molecule has 0 amide bonds. The van der Waals surface area contributed by atoms with E-state index in [0.29, 0.717) is 19.0 Å². The first-order chi connectivity index (χ1) is 10.2. The molecular formula is C17H22N2O2. The normalized spacial score (nSPS) is 12.1. The molecule has 0 saturated heterocycles. The van der Waals surface area contributed by atoms with Crippen LogP contribution < -0.4 is 10.1 Å². The van der Waals surface area contributed by atoms with E-state index in [-0.39, 0.29) is 12.6 Å². The Morgan fingerprint density at radius 2 is 2.14 bits per heavy atom. The number of aliphatic hydroxyl groups is 1. The van der Waals surface area contributed by atoms with Crippen LogP contribution in [0.5, 0.6) is 5.88 Å². The molecule has 21 heavy (non-hydrogen) atoms. The number of nitrogens with one attached hydrogen (secondary N) is 1. The molecule has 0 bridgehead atoms. The highest BCUT2D eigenvalue weighted by Gasteiger charge is 2.08. The van der Waals surface area contributed by atoms with Crippen molar-refractivity contribution in [3.63, 3.8) is 0 Å². The van der Waals surface area contributed by atoms with Gasteiger partial charge >= 0.3 is 0 Å². The lowest BCUT2D eigenvalue weighted by Crippen LogP contribution is -2.19. The zero-order valence-corrected chi connectivity index (χ0v) is 12.5. The van der Waals surface area contributed by atoms with Gasteiger partial charge < -0.3 is 15.2 Å². The van der Waals surface area contributed by atoms with Crippen LogP contribution in [0.25, 0.3) is 0 Å². The Labute approximate surface area is 125 Å². The van der Waals surface area contributed by atoms with E-state index in [2.05, 4.69) is 23.3 Å². The van der Waals surface area contributed by atoms with Gasteiger partial charge in [-0.2, -0.15) is 0 Å². The SMILES string of the molecule is CCOc1ncccc1CNC(C)c1cccc(CO)c1. The van der Waals surface area contributed by atoms with Gasteiger partial charge in [0.1, 0.15) is 0 Å². The van der Waals surface area contributed by atoms with E-state index in [1.165, 1.54) is 0 Å². The van der Waals surface area contributed by atoms with Gasteiger partial charge in [0.05, 0.1) is 13.2 Å². The van der Waals surface area contributed by atoms with Crippen LogP contribution in [-0.4, -0.2) is 16.7 Å². The van der Waals surface area contributed by atoms with Crippen LogP contribution in [0.3, 0.4) is 0 Å². The molecule has 4 nitrogen and oxygen atoms in total. The zero-order valence-electron chi connectivity index (χ0n) is 12.5. The summed E-state index contributed by atoms with van der Waals surface area (Å²) in [6.07, 6.45) is 1.74. The van der Waals surface area contributed by atoms with Crippen molar-refractivity contribution in [1.29, 1.82) is 0 Å². The Hall–Kier alpha value is -1.91. The molecule has 2 aromatic rings. The fraction of sp³-hybridized carbons (Fsp3) is 0.353. The monoisotopic (exact) mass is 286 g/mol. The average Bonchev–Trinajstić information content (AvgIpc) is 2.54. The van der Waals surface area contributed by atoms with Crippen molar-refractivity contribution in [2.24, 2.45) is 0 Å². The molecule has 112 valence electrons. The quantitative estimate of drug-likeness (QED) is 0.822. The molecule has 0 aliphatic heterocycles. The smallest absolute Gasteiger partial charge is 0.217 e. The lowest BCUT2D eigenvalue weighted by atomic mass is 10.1. The summed E-state index contributed by atoms with van der Waals surface area (Å²) in [5.41, 5.74) is 3.13. The van der Waals surface area contributed by atoms with Crippen LogP contribution in [0.15, 0.2) is 42.6 Å². The van der Waals surface area contributed by atoms with Crippen LogP contribution in [0.1, 0.15) is 36.6 Å². The number of benzene rings is 1. The van der Waals surface area contributed by atoms with Crippen molar-refractivity contribution in [2.75, 3.05) is 6.61 Å².